The van der Waals surface area contributed by atoms with Crippen molar-refractivity contribution in [3.63, 3.8) is 0 Å². The molecule has 7 heteroatoms. The zero-order valence-electron chi connectivity index (χ0n) is 12.0. The molecule has 0 fully saturated rings. The van der Waals surface area contributed by atoms with E-state index < -0.39 is 0 Å². The summed E-state index contributed by atoms with van der Waals surface area (Å²) in [6.07, 6.45) is 0. The lowest BCUT2D eigenvalue weighted by Gasteiger charge is -2.07. The van der Waals surface area contributed by atoms with Crippen LogP contribution in [-0.2, 0) is 6.61 Å². The normalized spacial score (nSPS) is 13.8. The summed E-state index contributed by atoms with van der Waals surface area (Å²) in [5, 5.41) is 6.49. The summed E-state index contributed by atoms with van der Waals surface area (Å²) in [6.45, 7) is 3.12. The molecule has 0 bridgehead atoms. The molecule has 0 saturated heterocycles. The number of thiazole rings is 1. The molecule has 1 aromatic heterocycles. The highest BCUT2D eigenvalue weighted by atomic mass is 32.2. The molecule has 3 rings (SSSR count). The third kappa shape index (κ3) is 3.86. The molecule has 0 aliphatic carbocycles. The maximum absolute atomic E-state index is 12.2. The van der Waals surface area contributed by atoms with Crippen LogP contribution in [0.15, 0.2) is 34.6 Å². The lowest BCUT2D eigenvalue weighted by Crippen LogP contribution is -2.27. The highest BCUT2D eigenvalue weighted by molar-refractivity contribution is 8.14. The third-order valence-electron chi connectivity index (χ3n) is 2.96. The molecule has 114 valence electrons. The second-order valence-corrected chi connectivity index (χ2v) is 6.81. The molecule has 1 amide bonds. The van der Waals surface area contributed by atoms with E-state index in [9.17, 15) is 4.79 Å². The van der Waals surface area contributed by atoms with Crippen LogP contribution >= 0.6 is 23.1 Å². The van der Waals surface area contributed by atoms with E-state index >= 15 is 0 Å². The number of aryl methyl sites for hydroxylation is 1. The Labute approximate surface area is 136 Å². The minimum atomic E-state index is -0.164. The Balaban J connectivity index is 1.62. The quantitative estimate of drug-likeness (QED) is 0.934. The lowest BCUT2D eigenvalue weighted by molar-refractivity contribution is 0.0977. The lowest BCUT2D eigenvalue weighted by atomic mass is 10.2. The number of amidine groups is 1. The van der Waals surface area contributed by atoms with Crippen LogP contribution in [0.1, 0.15) is 21.1 Å². The number of nitrogens with zero attached hydrogens (tertiary/aromatic N) is 2. The van der Waals surface area contributed by atoms with Gasteiger partial charge in [0.15, 0.2) is 5.17 Å². The SMILES string of the molecule is Cc1nc(COc2cccc(C(=O)NC3=NCCS3)c2)cs1. The Morgan fingerprint density at radius 3 is 3.09 bits per heavy atom. The molecule has 0 atom stereocenters. The number of ether oxygens (including phenoxy) is 1. The average Bonchev–Trinajstić information content (AvgIpc) is 3.17. The van der Waals surface area contributed by atoms with Crippen LogP contribution in [0.2, 0.25) is 0 Å². The first-order valence-electron chi connectivity index (χ1n) is 6.83. The number of aliphatic imine (C=N–C) groups is 1. The van der Waals surface area contributed by atoms with Crippen LogP contribution < -0.4 is 10.1 Å². The van der Waals surface area contributed by atoms with Gasteiger partial charge in [-0.25, -0.2) is 4.98 Å². The number of aromatic nitrogens is 1. The molecule has 1 aliphatic heterocycles. The molecule has 1 aromatic carbocycles. The van der Waals surface area contributed by atoms with Crippen LogP contribution in [0, 0.1) is 6.92 Å². The fourth-order valence-electron chi connectivity index (χ4n) is 1.94. The van der Waals surface area contributed by atoms with Gasteiger partial charge in [-0.3, -0.25) is 9.79 Å². The van der Waals surface area contributed by atoms with Crippen LogP contribution in [0.4, 0.5) is 0 Å². The first kappa shape index (κ1) is 15.1. The van der Waals surface area contributed by atoms with Gasteiger partial charge in [-0.05, 0) is 25.1 Å². The molecule has 1 aliphatic rings. The second kappa shape index (κ2) is 6.93. The van der Waals surface area contributed by atoms with Gasteiger partial charge in [0, 0.05) is 16.7 Å². The molecule has 2 aromatic rings. The number of carbonyl (C=O) groups excluding carboxylic acids is 1. The van der Waals surface area contributed by atoms with Gasteiger partial charge in [0.2, 0.25) is 0 Å². The van der Waals surface area contributed by atoms with Gasteiger partial charge < -0.3 is 10.1 Å². The third-order valence-corrected chi connectivity index (χ3v) is 4.67. The van der Waals surface area contributed by atoms with Crippen molar-refractivity contribution >= 4 is 34.2 Å². The van der Waals surface area contributed by atoms with Crippen molar-refractivity contribution in [2.45, 2.75) is 13.5 Å². The van der Waals surface area contributed by atoms with E-state index in [1.807, 2.05) is 18.4 Å². The Morgan fingerprint density at radius 1 is 1.45 bits per heavy atom. The minimum absolute atomic E-state index is 0.164. The van der Waals surface area contributed by atoms with E-state index in [1.165, 1.54) is 0 Å². The van der Waals surface area contributed by atoms with Crippen molar-refractivity contribution in [1.29, 1.82) is 0 Å². The fourth-order valence-corrected chi connectivity index (χ4v) is 3.26. The number of hydrogen-bond donors (Lipinski definition) is 1. The molecule has 0 saturated carbocycles. The van der Waals surface area contributed by atoms with Gasteiger partial charge in [-0.2, -0.15) is 0 Å². The monoisotopic (exact) mass is 333 g/mol. The number of amides is 1. The zero-order chi connectivity index (χ0) is 15.4. The predicted molar refractivity (Wildman–Crippen MR) is 89.9 cm³/mol. The molecular weight excluding hydrogens is 318 g/mol. The maximum atomic E-state index is 12.2. The molecule has 22 heavy (non-hydrogen) atoms. The largest absolute Gasteiger partial charge is 0.487 e. The molecule has 0 unspecified atom stereocenters. The standard InChI is InChI=1S/C15H15N3O2S2/c1-10-17-12(9-22-10)8-20-13-4-2-3-11(7-13)14(19)18-15-16-5-6-21-15/h2-4,7,9H,5-6,8H2,1H3,(H,16,18,19). The summed E-state index contributed by atoms with van der Waals surface area (Å²) in [4.78, 5) is 20.7. The van der Waals surface area contributed by atoms with Crippen molar-refractivity contribution in [1.82, 2.24) is 10.3 Å². The number of carbonyl (C=O) groups is 1. The maximum Gasteiger partial charge on any atom is 0.257 e. The van der Waals surface area contributed by atoms with E-state index in [1.54, 1.807) is 41.3 Å². The number of thioether (sulfide) groups is 1. The minimum Gasteiger partial charge on any atom is -0.487 e. The predicted octanol–water partition coefficient (Wildman–Crippen LogP) is 2.86. The summed E-state index contributed by atoms with van der Waals surface area (Å²) in [5.74, 6) is 1.41. The first-order chi connectivity index (χ1) is 10.7. The number of benzene rings is 1. The Morgan fingerprint density at radius 2 is 2.36 bits per heavy atom. The zero-order valence-corrected chi connectivity index (χ0v) is 13.7. The molecule has 5 nitrogen and oxygen atoms in total. The Kier molecular flexibility index (Phi) is 4.74. The summed E-state index contributed by atoms with van der Waals surface area (Å²) in [5.41, 5.74) is 1.45. The van der Waals surface area contributed by atoms with Crippen LogP contribution in [0.3, 0.4) is 0 Å². The van der Waals surface area contributed by atoms with Gasteiger partial charge in [0.05, 0.1) is 17.2 Å². The highest BCUT2D eigenvalue weighted by Crippen LogP contribution is 2.17. The van der Waals surface area contributed by atoms with Crippen molar-refractivity contribution in [3.05, 3.63) is 45.9 Å². The van der Waals surface area contributed by atoms with Gasteiger partial charge in [-0.15, -0.1) is 11.3 Å². The summed E-state index contributed by atoms with van der Waals surface area (Å²) in [7, 11) is 0. The van der Waals surface area contributed by atoms with E-state index in [4.69, 9.17) is 4.74 Å². The summed E-state index contributed by atoms with van der Waals surface area (Å²) >= 11 is 3.15. The highest BCUT2D eigenvalue weighted by Gasteiger charge is 2.13. The fraction of sp³-hybridized carbons (Fsp3) is 0.267. The van der Waals surface area contributed by atoms with Crippen molar-refractivity contribution in [2.75, 3.05) is 12.3 Å². The number of nitrogens with one attached hydrogen (secondary N) is 1. The molecular formula is C15H15N3O2S2. The smallest absolute Gasteiger partial charge is 0.257 e. The van der Waals surface area contributed by atoms with Crippen LogP contribution in [0.25, 0.3) is 0 Å². The molecule has 1 N–H and O–H groups in total. The van der Waals surface area contributed by atoms with E-state index in [0.29, 0.717) is 23.1 Å². The van der Waals surface area contributed by atoms with Crippen molar-refractivity contribution in [3.8, 4) is 5.75 Å². The average molecular weight is 333 g/mol. The van der Waals surface area contributed by atoms with Crippen LogP contribution in [-0.4, -0.2) is 28.4 Å². The van der Waals surface area contributed by atoms with Crippen LogP contribution in [0.5, 0.6) is 5.75 Å². The molecule has 0 spiro atoms. The van der Waals surface area contributed by atoms with Gasteiger partial charge in [0.1, 0.15) is 12.4 Å². The Hall–Kier alpha value is -1.86. The van der Waals surface area contributed by atoms with E-state index in [0.717, 1.165) is 23.0 Å². The Bertz CT molecular complexity index is 712. The molecule has 2 heterocycles. The van der Waals surface area contributed by atoms with E-state index in [-0.39, 0.29) is 5.91 Å². The van der Waals surface area contributed by atoms with Crippen molar-refractivity contribution < 1.29 is 9.53 Å². The number of hydrogen-bond acceptors (Lipinski definition) is 6. The molecule has 0 radical (unpaired) electrons. The second-order valence-electron chi connectivity index (χ2n) is 4.66. The first-order valence-corrected chi connectivity index (χ1v) is 8.70. The van der Waals surface area contributed by atoms with Gasteiger partial charge in [-0.1, -0.05) is 17.8 Å². The summed E-state index contributed by atoms with van der Waals surface area (Å²) < 4.78 is 5.69. The number of rotatable bonds is 4. The van der Waals surface area contributed by atoms with Crippen molar-refractivity contribution in [2.24, 2.45) is 4.99 Å². The summed E-state index contributed by atoms with van der Waals surface area (Å²) in [6, 6.07) is 7.13. The van der Waals surface area contributed by atoms with Gasteiger partial charge in [0.25, 0.3) is 5.91 Å². The topological polar surface area (TPSA) is 63.6 Å². The van der Waals surface area contributed by atoms with E-state index in [2.05, 4.69) is 15.3 Å². The van der Waals surface area contributed by atoms with Gasteiger partial charge >= 0.3 is 0 Å².